The van der Waals surface area contributed by atoms with Gasteiger partial charge in [0.2, 0.25) is 0 Å². The Bertz CT molecular complexity index is 599. The molecule has 0 bridgehead atoms. The minimum Gasteiger partial charge on any atom is -0.337 e. The molecular weight excluding hydrogens is 304 g/mol. The summed E-state index contributed by atoms with van der Waals surface area (Å²) in [5, 5.41) is 0. The molecule has 0 saturated carbocycles. The molecule has 2 N–H and O–H groups in total. The Balaban J connectivity index is 2.02. The molecule has 0 heterocycles. The van der Waals surface area contributed by atoms with Crippen molar-refractivity contribution in [2.45, 2.75) is 12.2 Å². The van der Waals surface area contributed by atoms with Crippen LogP contribution in [0.2, 0.25) is 0 Å². The van der Waals surface area contributed by atoms with Crippen LogP contribution in [0.5, 0.6) is 0 Å². The average Bonchev–Trinajstić information content (AvgIpc) is 2.60. The third kappa shape index (κ3) is 5.41. The second-order valence-electron chi connectivity index (χ2n) is 5.45. The number of amides is 1. The van der Waals surface area contributed by atoms with Gasteiger partial charge in [0, 0.05) is 31.0 Å². The van der Waals surface area contributed by atoms with E-state index in [1.807, 2.05) is 47.4 Å². The number of hydrogen-bond acceptors (Lipinski definition) is 3. The van der Waals surface area contributed by atoms with Crippen molar-refractivity contribution >= 4 is 17.7 Å². The summed E-state index contributed by atoms with van der Waals surface area (Å²) in [7, 11) is 0. The first-order valence-corrected chi connectivity index (χ1v) is 9.25. The zero-order valence-electron chi connectivity index (χ0n) is 13.6. The molecule has 0 aliphatic rings. The van der Waals surface area contributed by atoms with Crippen LogP contribution >= 0.6 is 11.8 Å². The number of carbonyl (C=O) groups excluding carboxylic acids is 1. The highest BCUT2D eigenvalue weighted by atomic mass is 32.2. The number of rotatable bonds is 8. The van der Waals surface area contributed by atoms with E-state index in [0.29, 0.717) is 19.6 Å². The first-order valence-electron chi connectivity index (χ1n) is 7.85. The fraction of sp³-hybridized carbons (Fsp3) is 0.316. The third-order valence-corrected chi connectivity index (χ3v) is 4.33. The van der Waals surface area contributed by atoms with Gasteiger partial charge in [0.25, 0.3) is 5.91 Å². The molecule has 0 unspecified atom stereocenters. The second kappa shape index (κ2) is 9.38. The van der Waals surface area contributed by atoms with E-state index in [2.05, 4.69) is 18.4 Å². The molecule has 23 heavy (non-hydrogen) atoms. The van der Waals surface area contributed by atoms with Gasteiger partial charge in [-0.2, -0.15) is 11.8 Å². The van der Waals surface area contributed by atoms with E-state index in [0.717, 1.165) is 17.7 Å². The van der Waals surface area contributed by atoms with Crippen molar-refractivity contribution < 1.29 is 4.79 Å². The Morgan fingerprint density at radius 2 is 1.70 bits per heavy atom. The highest BCUT2D eigenvalue weighted by Gasteiger charge is 2.14. The summed E-state index contributed by atoms with van der Waals surface area (Å²) in [6, 6.07) is 18.1. The first kappa shape index (κ1) is 17.6. The lowest BCUT2D eigenvalue weighted by atomic mass is 10.1. The maximum atomic E-state index is 12.7. The molecule has 0 fully saturated rings. The second-order valence-corrected chi connectivity index (χ2v) is 6.31. The molecule has 4 heteroatoms. The van der Waals surface area contributed by atoms with E-state index in [4.69, 9.17) is 5.73 Å². The molecule has 0 radical (unpaired) electrons. The van der Waals surface area contributed by atoms with Gasteiger partial charge >= 0.3 is 0 Å². The van der Waals surface area contributed by atoms with Crippen LogP contribution in [0.3, 0.4) is 0 Å². The molecule has 0 atom stereocenters. The monoisotopic (exact) mass is 328 g/mol. The van der Waals surface area contributed by atoms with Gasteiger partial charge in [0.1, 0.15) is 0 Å². The predicted octanol–water partition coefficient (Wildman–Crippen LogP) is 3.19. The van der Waals surface area contributed by atoms with Gasteiger partial charge in [-0.15, -0.1) is 0 Å². The lowest BCUT2D eigenvalue weighted by molar-refractivity contribution is 0.0762. The molecule has 0 saturated heterocycles. The summed E-state index contributed by atoms with van der Waals surface area (Å²) in [6.45, 7) is 1.75. The van der Waals surface area contributed by atoms with Crippen molar-refractivity contribution in [3.05, 3.63) is 71.3 Å². The van der Waals surface area contributed by atoms with Gasteiger partial charge in [0.05, 0.1) is 0 Å². The normalized spacial score (nSPS) is 10.5. The molecule has 122 valence electrons. The minimum atomic E-state index is 0.0575. The van der Waals surface area contributed by atoms with Crippen LogP contribution in [-0.4, -0.2) is 36.7 Å². The number of nitrogens with zero attached hydrogens (tertiary/aromatic N) is 1. The summed E-state index contributed by atoms with van der Waals surface area (Å²) in [5.41, 5.74) is 8.89. The van der Waals surface area contributed by atoms with Crippen molar-refractivity contribution in [1.29, 1.82) is 0 Å². The fourth-order valence-electron chi connectivity index (χ4n) is 2.47. The van der Waals surface area contributed by atoms with E-state index >= 15 is 0 Å². The minimum absolute atomic E-state index is 0.0575. The number of benzene rings is 2. The van der Waals surface area contributed by atoms with Crippen LogP contribution in [0.25, 0.3) is 0 Å². The molecule has 0 aliphatic heterocycles. The van der Waals surface area contributed by atoms with Crippen LogP contribution in [0, 0.1) is 0 Å². The van der Waals surface area contributed by atoms with Crippen molar-refractivity contribution in [3.63, 3.8) is 0 Å². The summed E-state index contributed by atoms with van der Waals surface area (Å²) in [5.74, 6) is 1.02. The molecule has 2 aromatic carbocycles. The summed E-state index contributed by atoms with van der Waals surface area (Å²) in [4.78, 5) is 14.5. The maximum Gasteiger partial charge on any atom is 0.253 e. The van der Waals surface area contributed by atoms with E-state index in [1.54, 1.807) is 11.8 Å². The van der Waals surface area contributed by atoms with Crippen molar-refractivity contribution in [1.82, 2.24) is 4.90 Å². The van der Waals surface area contributed by atoms with Crippen LogP contribution < -0.4 is 5.73 Å². The highest BCUT2D eigenvalue weighted by molar-refractivity contribution is 7.97. The van der Waals surface area contributed by atoms with Gasteiger partial charge in [0.15, 0.2) is 0 Å². The topological polar surface area (TPSA) is 46.3 Å². The zero-order valence-corrected chi connectivity index (χ0v) is 14.4. The summed E-state index contributed by atoms with van der Waals surface area (Å²) in [6.07, 6.45) is 2.92. The number of thioether (sulfide) groups is 1. The summed E-state index contributed by atoms with van der Waals surface area (Å²) < 4.78 is 0. The van der Waals surface area contributed by atoms with Crippen LogP contribution in [0.1, 0.15) is 21.5 Å². The Kier molecular flexibility index (Phi) is 7.17. The average molecular weight is 328 g/mol. The Labute approximate surface area is 142 Å². The third-order valence-electron chi connectivity index (χ3n) is 3.71. The SMILES string of the molecule is CSCc1ccc(C(=O)N(CCN)CCc2ccccc2)cc1. The molecule has 0 spiro atoms. The van der Waals surface area contributed by atoms with E-state index < -0.39 is 0 Å². The Morgan fingerprint density at radius 3 is 2.30 bits per heavy atom. The van der Waals surface area contributed by atoms with Crippen LogP contribution in [0.15, 0.2) is 54.6 Å². The lowest BCUT2D eigenvalue weighted by Gasteiger charge is -2.22. The standard InChI is InChI=1S/C19H24N2OS/c1-23-15-17-7-9-18(10-8-17)19(22)21(14-12-20)13-11-16-5-3-2-4-6-16/h2-10H,11-15,20H2,1H3. The molecule has 0 aromatic heterocycles. The maximum absolute atomic E-state index is 12.7. The first-order chi connectivity index (χ1) is 11.2. The van der Waals surface area contributed by atoms with Gasteiger partial charge in [-0.25, -0.2) is 0 Å². The Morgan fingerprint density at radius 1 is 1.00 bits per heavy atom. The van der Waals surface area contributed by atoms with Crippen molar-refractivity contribution in [3.8, 4) is 0 Å². The fourth-order valence-corrected chi connectivity index (χ4v) is 3.00. The smallest absolute Gasteiger partial charge is 0.253 e. The number of hydrogen-bond donors (Lipinski definition) is 1. The molecule has 2 rings (SSSR count). The lowest BCUT2D eigenvalue weighted by Crippen LogP contribution is -2.36. The highest BCUT2D eigenvalue weighted by Crippen LogP contribution is 2.12. The molecular formula is C19H24N2OS. The number of carbonyl (C=O) groups is 1. The van der Waals surface area contributed by atoms with Gasteiger partial charge in [-0.1, -0.05) is 42.5 Å². The number of nitrogens with two attached hydrogens (primary N) is 1. The van der Waals surface area contributed by atoms with E-state index in [1.165, 1.54) is 11.1 Å². The van der Waals surface area contributed by atoms with E-state index in [-0.39, 0.29) is 5.91 Å². The predicted molar refractivity (Wildman–Crippen MR) is 98.8 cm³/mol. The molecule has 3 nitrogen and oxygen atoms in total. The molecule has 2 aromatic rings. The van der Waals surface area contributed by atoms with E-state index in [9.17, 15) is 4.79 Å². The summed E-state index contributed by atoms with van der Waals surface area (Å²) >= 11 is 1.78. The Hall–Kier alpha value is -1.78. The van der Waals surface area contributed by atoms with Crippen LogP contribution in [0.4, 0.5) is 0 Å². The van der Waals surface area contributed by atoms with Crippen molar-refractivity contribution in [2.24, 2.45) is 5.73 Å². The quantitative estimate of drug-likeness (QED) is 0.809. The van der Waals surface area contributed by atoms with Gasteiger partial charge < -0.3 is 10.6 Å². The molecule has 1 amide bonds. The van der Waals surface area contributed by atoms with Crippen LogP contribution in [-0.2, 0) is 12.2 Å². The van der Waals surface area contributed by atoms with Gasteiger partial charge in [-0.3, -0.25) is 4.79 Å². The largest absolute Gasteiger partial charge is 0.337 e. The van der Waals surface area contributed by atoms with Crippen molar-refractivity contribution in [2.75, 3.05) is 25.9 Å². The zero-order chi connectivity index (χ0) is 16.5. The molecule has 0 aliphatic carbocycles. The van der Waals surface area contributed by atoms with Gasteiger partial charge in [-0.05, 0) is 35.9 Å².